The first kappa shape index (κ1) is 12.0. The van der Waals surface area contributed by atoms with E-state index >= 15 is 0 Å². The lowest BCUT2D eigenvalue weighted by molar-refractivity contribution is 0.619. The number of anilines is 1. The van der Waals surface area contributed by atoms with Gasteiger partial charge in [0.25, 0.3) is 0 Å². The fourth-order valence-electron chi connectivity index (χ4n) is 2.39. The van der Waals surface area contributed by atoms with Crippen molar-refractivity contribution >= 4 is 21.6 Å². The van der Waals surface area contributed by atoms with Crippen LogP contribution in [-0.2, 0) is 0 Å². The first-order valence-corrected chi connectivity index (χ1v) is 7.08. The van der Waals surface area contributed by atoms with Gasteiger partial charge in [-0.25, -0.2) is 0 Å². The Hall–Kier alpha value is -0.500. The largest absolute Gasteiger partial charge is 0.381 e. The quantitative estimate of drug-likeness (QED) is 0.761. The van der Waals surface area contributed by atoms with Gasteiger partial charge in [0.1, 0.15) is 0 Å². The van der Waals surface area contributed by atoms with Gasteiger partial charge in [0.15, 0.2) is 0 Å². The lowest BCUT2D eigenvalue weighted by Gasteiger charge is -2.19. The molecular weight excluding hydrogens is 262 g/mol. The van der Waals surface area contributed by atoms with Crippen molar-refractivity contribution in [3.8, 4) is 0 Å². The van der Waals surface area contributed by atoms with E-state index in [4.69, 9.17) is 0 Å². The second-order valence-electron chi connectivity index (χ2n) is 4.82. The Morgan fingerprint density at radius 2 is 1.81 bits per heavy atom. The van der Waals surface area contributed by atoms with E-state index in [1.807, 2.05) is 0 Å². The van der Waals surface area contributed by atoms with E-state index in [0.29, 0.717) is 6.04 Å². The van der Waals surface area contributed by atoms with Gasteiger partial charge in [0.05, 0.1) is 0 Å². The third kappa shape index (κ3) is 3.24. The van der Waals surface area contributed by atoms with Crippen molar-refractivity contribution in [2.75, 3.05) is 5.32 Å². The lowest BCUT2D eigenvalue weighted by Crippen LogP contribution is -2.18. The molecule has 1 aliphatic rings. The Bertz CT molecular complexity index is 341. The van der Waals surface area contributed by atoms with Crippen LogP contribution in [0.25, 0.3) is 0 Å². The minimum atomic E-state index is 0.667. The van der Waals surface area contributed by atoms with Crippen LogP contribution in [0.3, 0.4) is 0 Å². The van der Waals surface area contributed by atoms with Crippen molar-refractivity contribution in [3.63, 3.8) is 0 Å². The van der Waals surface area contributed by atoms with E-state index in [0.717, 1.165) is 0 Å². The van der Waals surface area contributed by atoms with E-state index in [1.165, 1.54) is 54.2 Å². The number of benzene rings is 1. The van der Waals surface area contributed by atoms with Crippen molar-refractivity contribution in [2.45, 2.75) is 51.5 Å². The summed E-state index contributed by atoms with van der Waals surface area (Å²) in [7, 11) is 0. The van der Waals surface area contributed by atoms with Gasteiger partial charge in [-0.3, -0.25) is 0 Å². The van der Waals surface area contributed by atoms with Gasteiger partial charge in [-0.05, 0) is 53.4 Å². The molecule has 1 aromatic rings. The number of hydrogen-bond donors (Lipinski definition) is 1. The summed E-state index contributed by atoms with van der Waals surface area (Å²) < 4.78 is 1.18. The van der Waals surface area contributed by atoms with Crippen LogP contribution in [0, 0.1) is 6.92 Å². The minimum absolute atomic E-state index is 0.667. The Kier molecular flexibility index (Phi) is 4.28. The van der Waals surface area contributed by atoms with E-state index in [-0.39, 0.29) is 0 Å². The van der Waals surface area contributed by atoms with Crippen molar-refractivity contribution < 1.29 is 0 Å². The van der Waals surface area contributed by atoms with Crippen LogP contribution in [0.2, 0.25) is 0 Å². The molecular formula is C14H20BrN. The number of rotatable bonds is 2. The van der Waals surface area contributed by atoms with Crippen molar-refractivity contribution in [2.24, 2.45) is 0 Å². The molecule has 0 aromatic heterocycles. The number of halogens is 1. The topological polar surface area (TPSA) is 12.0 Å². The molecule has 2 rings (SSSR count). The Morgan fingerprint density at radius 1 is 1.12 bits per heavy atom. The summed E-state index contributed by atoms with van der Waals surface area (Å²) in [6.45, 7) is 2.14. The van der Waals surface area contributed by atoms with Gasteiger partial charge in [-0.1, -0.05) is 31.7 Å². The van der Waals surface area contributed by atoms with Crippen LogP contribution in [0.15, 0.2) is 22.7 Å². The maximum atomic E-state index is 3.68. The molecule has 0 heterocycles. The fourth-order valence-corrected chi connectivity index (χ4v) is 2.75. The lowest BCUT2D eigenvalue weighted by atomic mass is 10.1. The average molecular weight is 282 g/mol. The van der Waals surface area contributed by atoms with Crippen LogP contribution in [0.1, 0.15) is 44.1 Å². The molecule has 0 atom stereocenters. The first-order valence-electron chi connectivity index (χ1n) is 6.28. The second-order valence-corrected chi connectivity index (χ2v) is 5.67. The third-order valence-electron chi connectivity index (χ3n) is 3.34. The molecule has 0 spiro atoms. The normalized spacial score (nSPS) is 18.1. The highest BCUT2D eigenvalue weighted by Gasteiger charge is 2.12. The van der Waals surface area contributed by atoms with Gasteiger partial charge in [-0.2, -0.15) is 0 Å². The zero-order valence-electron chi connectivity index (χ0n) is 9.93. The Morgan fingerprint density at radius 3 is 2.50 bits per heavy atom. The van der Waals surface area contributed by atoms with E-state index in [9.17, 15) is 0 Å². The minimum Gasteiger partial charge on any atom is -0.381 e. The maximum Gasteiger partial charge on any atom is 0.0489 e. The first-order chi connectivity index (χ1) is 7.75. The van der Waals surface area contributed by atoms with Gasteiger partial charge in [-0.15, -0.1) is 0 Å². The SMILES string of the molecule is Cc1ccc(Br)c(NC2CCCCCC2)c1. The molecule has 1 fully saturated rings. The summed E-state index contributed by atoms with van der Waals surface area (Å²) in [5.41, 5.74) is 2.58. The van der Waals surface area contributed by atoms with E-state index < -0.39 is 0 Å². The molecule has 0 bridgehead atoms. The highest BCUT2D eigenvalue weighted by atomic mass is 79.9. The average Bonchev–Trinajstić information content (AvgIpc) is 2.52. The summed E-state index contributed by atoms with van der Waals surface area (Å²) in [6.07, 6.45) is 8.21. The molecule has 88 valence electrons. The maximum absolute atomic E-state index is 3.68. The van der Waals surface area contributed by atoms with Crippen LogP contribution in [-0.4, -0.2) is 6.04 Å². The van der Waals surface area contributed by atoms with Crippen molar-refractivity contribution in [3.05, 3.63) is 28.2 Å². The van der Waals surface area contributed by atoms with Crippen LogP contribution < -0.4 is 5.32 Å². The highest BCUT2D eigenvalue weighted by molar-refractivity contribution is 9.10. The summed E-state index contributed by atoms with van der Waals surface area (Å²) in [4.78, 5) is 0. The number of aryl methyl sites for hydroxylation is 1. The van der Waals surface area contributed by atoms with Crippen LogP contribution in [0.5, 0.6) is 0 Å². The molecule has 1 aromatic carbocycles. The number of nitrogens with one attached hydrogen (secondary N) is 1. The summed E-state index contributed by atoms with van der Waals surface area (Å²) in [5.74, 6) is 0. The molecule has 0 radical (unpaired) electrons. The molecule has 0 amide bonds. The third-order valence-corrected chi connectivity index (χ3v) is 4.03. The summed E-state index contributed by atoms with van der Waals surface area (Å²) in [6, 6.07) is 7.17. The predicted molar refractivity (Wildman–Crippen MR) is 74.0 cm³/mol. The molecule has 0 unspecified atom stereocenters. The molecule has 16 heavy (non-hydrogen) atoms. The predicted octanol–water partition coefficient (Wildman–Crippen LogP) is 4.89. The van der Waals surface area contributed by atoms with E-state index in [2.05, 4.69) is 46.4 Å². The Balaban J connectivity index is 2.04. The van der Waals surface area contributed by atoms with Gasteiger partial charge < -0.3 is 5.32 Å². The summed E-state index contributed by atoms with van der Waals surface area (Å²) >= 11 is 3.61. The molecule has 2 heteroatoms. The molecule has 0 saturated heterocycles. The van der Waals surface area contributed by atoms with Crippen molar-refractivity contribution in [1.82, 2.24) is 0 Å². The fraction of sp³-hybridized carbons (Fsp3) is 0.571. The zero-order chi connectivity index (χ0) is 11.4. The number of hydrogen-bond acceptors (Lipinski definition) is 1. The van der Waals surface area contributed by atoms with Gasteiger partial charge >= 0.3 is 0 Å². The highest BCUT2D eigenvalue weighted by Crippen LogP contribution is 2.27. The molecule has 1 saturated carbocycles. The van der Waals surface area contributed by atoms with Gasteiger partial charge in [0.2, 0.25) is 0 Å². The molecule has 1 nitrogen and oxygen atoms in total. The molecule has 1 aliphatic carbocycles. The second kappa shape index (κ2) is 5.72. The monoisotopic (exact) mass is 281 g/mol. The summed E-state index contributed by atoms with van der Waals surface area (Å²) in [5, 5.41) is 3.68. The van der Waals surface area contributed by atoms with Crippen LogP contribution in [0.4, 0.5) is 5.69 Å². The standard InChI is InChI=1S/C14H20BrN/c1-11-8-9-13(15)14(10-11)16-12-6-4-2-3-5-7-12/h8-10,12,16H,2-7H2,1H3. The zero-order valence-corrected chi connectivity index (χ0v) is 11.5. The molecule has 0 aliphatic heterocycles. The Labute approximate surface area is 107 Å². The smallest absolute Gasteiger partial charge is 0.0489 e. The van der Waals surface area contributed by atoms with E-state index in [1.54, 1.807) is 0 Å². The van der Waals surface area contributed by atoms with Crippen molar-refractivity contribution in [1.29, 1.82) is 0 Å². The molecule has 1 N–H and O–H groups in total. The van der Waals surface area contributed by atoms with Gasteiger partial charge in [0, 0.05) is 16.2 Å². The van der Waals surface area contributed by atoms with Crippen LogP contribution >= 0.6 is 15.9 Å².